The Labute approximate surface area is 91.4 Å². The van der Waals surface area contributed by atoms with E-state index in [0.717, 1.165) is 12.0 Å². The number of phenolic OH excluding ortho intramolecular Hbond substituents is 1. The van der Waals surface area contributed by atoms with Crippen molar-refractivity contribution in [2.45, 2.75) is 6.42 Å². The molecule has 0 amide bonds. The smallest absolute Gasteiger partial charge is 0.162 e. The lowest BCUT2D eigenvalue weighted by Gasteiger charge is -2.06. The van der Waals surface area contributed by atoms with Crippen molar-refractivity contribution in [3.8, 4) is 11.5 Å². The van der Waals surface area contributed by atoms with Crippen LogP contribution < -0.4 is 4.74 Å². The first-order chi connectivity index (χ1) is 6.27. The summed E-state index contributed by atoms with van der Waals surface area (Å²) in [6.07, 6.45) is 2.61. The Morgan fingerprint density at radius 1 is 1.54 bits per heavy atom. The van der Waals surface area contributed by atoms with Crippen molar-refractivity contribution in [3.05, 3.63) is 36.4 Å². The minimum absolute atomic E-state index is 0.185. The number of alkyl halides is 1. The molecule has 0 aliphatic rings. The van der Waals surface area contributed by atoms with E-state index in [4.69, 9.17) is 4.74 Å². The lowest BCUT2D eigenvalue weighted by atomic mass is 10.1. The van der Waals surface area contributed by atoms with Gasteiger partial charge in [-0.2, -0.15) is 0 Å². The third-order valence-corrected chi connectivity index (χ3v) is 1.93. The molecular weight excluding hydrogens is 279 g/mol. The third kappa shape index (κ3) is 2.91. The van der Waals surface area contributed by atoms with Gasteiger partial charge >= 0.3 is 0 Å². The summed E-state index contributed by atoms with van der Waals surface area (Å²) in [5, 5.41) is 9.38. The lowest BCUT2D eigenvalue weighted by Crippen LogP contribution is -1.90. The van der Waals surface area contributed by atoms with Crippen LogP contribution in [0.4, 0.5) is 0 Å². The number of hydrogen-bond donors (Lipinski definition) is 1. The van der Waals surface area contributed by atoms with Crippen LogP contribution in [0, 0.1) is 0 Å². The van der Waals surface area contributed by atoms with Crippen LogP contribution in [-0.2, 0) is 6.42 Å². The van der Waals surface area contributed by atoms with Crippen molar-refractivity contribution < 1.29 is 9.84 Å². The van der Waals surface area contributed by atoms with Crippen LogP contribution in [0.5, 0.6) is 11.5 Å². The average Bonchev–Trinajstić information content (AvgIpc) is 2.12. The van der Waals surface area contributed by atoms with Crippen molar-refractivity contribution in [2.75, 3.05) is 4.61 Å². The molecule has 0 aromatic heterocycles. The molecule has 0 saturated carbocycles. The van der Waals surface area contributed by atoms with E-state index in [2.05, 4.69) is 29.2 Å². The monoisotopic (exact) mass is 290 g/mol. The van der Waals surface area contributed by atoms with Gasteiger partial charge in [-0.3, -0.25) is 0 Å². The first kappa shape index (κ1) is 10.4. The third-order valence-electron chi connectivity index (χ3n) is 1.61. The fraction of sp³-hybridized carbons (Fsp3) is 0.200. The van der Waals surface area contributed by atoms with Crippen molar-refractivity contribution >= 4 is 22.6 Å². The van der Waals surface area contributed by atoms with Crippen LogP contribution in [0.25, 0.3) is 0 Å². The van der Waals surface area contributed by atoms with E-state index in [-0.39, 0.29) is 5.75 Å². The summed E-state index contributed by atoms with van der Waals surface area (Å²) in [6, 6.07) is 5.33. The van der Waals surface area contributed by atoms with Gasteiger partial charge in [-0.25, -0.2) is 0 Å². The molecule has 2 nitrogen and oxygen atoms in total. The van der Waals surface area contributed by atoms with Gasteiger partial charge in [0, 0.05) is 0 Å². The highest BCUT2D eigenvalue weighted by Crippen LogP contribution is 2.27. The second kappa shape index (κ2) is 5.11. The van der Waals surface area contributed by atoms with Crippen LogP contribution in [0.15, 0.2) is 30.9 Å². The molecule has 1 aromatic carbocycles. The Kier molecular flexibility index (Phi) is 4.08. The van der Waals surface area contributed by atoms with Crippen LogP contribution in [-0.4, -0.2) is 9.72 Å². The van der Waals surface area contributed by atoms with Crippen molar-refractivity contribution in [1.82, 2.24) is 0 Å². The molecule has 1 N–H and O–H groups in total. The largest absolute Gasteiger partial charge is 0.504 e. The van der Waals surface area contributed by atoms with Gasteiger partial charge in [0.25, 0.3) is 0 Å². The number of phenols is 1. The van der Waals surface area contributed by atoms with E-state index in [9.17, 15) is 5.11 Å². The molecule has 1 rings (SSSR count). The number of benzene rings is 1. The Bertz CT molecular complexity index is 297. The summed E-state index contributed by atoms with van der Waals surface area (Å²) in [7, 11) is 0. The van der Waals surface area contributed by atoms with Gasteiger partial charge < -0.3 is 9.84 Å². The number of ether oxygens (including phenoxy) is 1. The number of rotatable bonds is 4. The number of hydrogen-bond acceptors (Lipinski definition) is 2. The molecule has 3 heteroatoms. The molecule has 0 aliphatic heterocycles. The number of allylic oxidation sites excluding steroid dienone is 1. The molecular formula is C10H11IO2. The fourth-order valence-corrected chi connectivity index (χ4v) is 1.36. The second-order valence-electron chi connectivity index (χ2n) is 2.55. The zero-order chi connectivity index (χ0) is 9.68. The highest BCUT2D eigenvalue weighted by Gasteiger charge is 2.01. The molecule has 0 aliphatic carbocycles. The molecule has 0 spiro atoms. The van der Waals surface area contributed by atoms with Gasteiger partial charge in [0.1, 0.15) is 4.61 Å². The number of halogens is 1. The standard InChI is InChI=1S/C10H11IO2/c1-2-3-8-4-5-9(12)10(6-8)13-7-11/h2,4-6,12H,1,3,7H2. The van der Waals surface area contributed by atoms with E-state index in [1.807, 2.05) is 18.2 Å². The molecule has 0 saturated heterocycles. The maximum absolute atomic E-state index is 9.38. The normalized spacial score (nSPS) is 9.62. The molecule has 0 heterocycles. The van der Waals surface area contributed by atoms with Gasteiger partial charge in [0.15, 0.2) is 11.5 Å². The molecule has 0 unspecified atom stereocenters. The van der Waals surface area contributed by atoms with Crippen molar-refractivity contribution in [1.29, 1.82) is 0 Å². The molecule has 70 valence electrons. The Hall–Kier alpha value is -0.710. The van der Waals surface area contributed by atoms with Gasteiger partial charge in [-0.15, -0.1) is 6.58 Å². The van der Waals surface area contributed by atoms with Gasteiger partial charge in [0.05, 0.1) is 0 Å². The lowest BCUT2D eigenvalue weighted by molar-refractivity contribution is 0.366. The summed E-state index contributed by atoms with van der Waals surface area (Å²) in [5.74, 6) is 0.721. The fourth-order valence-electron chi connectivity index (χ4n) is 1.03. The maximum atomic E-state index is 9.38. The van der Waals surface area contributed by atoms with Crippen LogP contribution in [0.2, 0.25) is 0 Å². The highest BCUT2D eigenvalue weighted by molar-refractivity contribution is 14.1. The Morgan fingerprint density at radius 2 is 2.31 bits per heavy atom. The Morgan fingerprint density at radius 3 is 2.92 bits per heavy atom. The quantitative estimate of drug-likeness (QED) is 0.525. The molecule has 0 atom stereocenters. The SMILES string of the molecule is C=CCc1ccc(O)c(OCI)c1. The first-order valence-corrected chi connectivity index (χ1v) is 5.42. The molecule has 0 fully saturated rings. The predicted molar refractivity (Wildman–Crippen MR) is 61.5 cm³/mol. The van der Waals surface area contributed by atoms with Crippen LogP contribution in [0.3, 0.4) is 0 Å². The summed E-state index contributed by atoms with van der Waals surface area (Å²) in [6.45, 7) is 3.65. The average molecular weight is 290 g/mol. The molecule has 1 aromatic rings. The summed E-state index contributed by atoms with van der Waals surface area (Å²) < 4.78 is 5.76. The first-order valence-electron chi connectivity index (χ1n) is 3.89. The van der Waals surface area contributed by atoms with E-state index < -0.39 is 0 Å². The van der Waals surface area contributed by atoms with Gasteiger partial charge in [0.2, 0.25) is 0 Å². The van der Waals surface area contributed by atoms with E-state index in [1.165, 1.54) is 0 Å². The second-order valence-corrected chi connectivity index (χ2v) is 3.17. The zero-order valence-corrected chi connectivity index (χ0v) is 9.32. The maximum Gasteiger partial charge on any atom is 0.162 e. The highest BCUT2D eigenvalue weighted by atomic mass is 127. The van der Waals surface area contributed by atoms with E-state index in [1.54, 1.807) is 6.07 Å². The van der Waals surface area contributed by atoms with Crippen LogP contribution >= 0.6 is 22.6 Å². The summed E-state index contributed by atoms with van der Waals surface area (Å²) >= 11 is 2.09. The minimum Gasteiger partial charge on any atom is -0.504 e. The molecule has 0 radical (unpaired) electrons. The Balaban J connectivity index is 2.89. The minimum atomic E-state index is 0.185. The topological polar surface area (TPSA) is 29.5 Å². The van der Waals surface area contributed by atoms with Crippen molar-refractivity contribution in [3.63, 3.8) is 0 Å². The number of aromatic hydroxyl groups is 1. The zero-order valence-electron chi connectivity index (χ0n) is 7.16. The van der Waals surface area contributed by atoms with Gasteiger partial charge in [-0.1, -0.05) is 12.1 Å². The van der Waals surface area contributed by atoms with Crippen molar-refractivity contribution in [2.24, 2.45) is 0 Å². The van der Waals surface area contributed by atoms with Crippen LogP contribution in [0.1, 0.15) is 5.56 Å². The molecule has 13 heavy (non-hydrogen) atoms. The van der Waals surface area contributed by atoms with E-state index in [0.29, 0.717) is 10.4 Å². The molecule has 0 bridgehead atoms. The summed E-state index contributed by atoms with van der Waals surface area (Å²) in [4.78, 5) is 0. The predicted octanol–water partition coefficient (Wildman–Crippen LogP) is 2.89. The van der Waals surface area contributed by atoms with Gasteiger partial charge in [-0.05, 0) is 46.7 Å². The van der Waals surface area contributed by atoms with E-state index >= 15 is 0 Å². The summed E-state index contributed by atoms with van der Waals surface area (Å²) in [5.41, 5.74) is 1.09.